The number of benzene rings is 2. The Kier molecular flexibility index (Phi) is 3.46. The van der Waals surface area contributed by atoms with E-state index >= 15 is 0 Å². The highest BCUT2D eigenvalue weighted by Crippen LogP contribution is 2.32. The number of rotatable bonds is 4. The van der Waals surface area contributed by atoms with Gasteiger partial charge in [0.15, 0.2) is 5.82 Å². The van der Waals surface area contributed by atoms with Crippen LogP contribution >= 0.6 is 0 Å². The largest absolute Gasteiger partial charge is 0.388 e. The summed E-state index contributed by atoms with van der Waals surface area (Å²) >= 11 is 0. The molecule has 0 bridgehead atoms. The minimum absolute atomic E-state index is 0.530. The predicted octanol–water partition coefficient (Wildman–Crippen LogP) is 3.62. The van der Waals surface area contributed by atoms with Crippen LogP contribution in [0.25, 0.3) is 22.3 Å². The second-order valence-electron chi connectivity index (χ2n) is 6.21. The molecule has 3 aromatic rings. The van der Waals surface area contributed by atoms with Crippen LogP contribution in [0, 0.1) is 0 Å². The van der Waals surface area contributed by atoms with Crippen LogP contribution in [-0.4, -0.2) is 27.2 Å². The number of nitrogens with one attached hydrogen (secondary N) is 1. The Hall–Kier alpha value is -2.46. The van der Waals surface area contributed by atoms with Gasteiger partial charge in [-0.15, -0.1) is 0 Å². The van der Waals surface area contributed by atoms with E-state index in [0.29, 0.717) is 12.4 Å². The molecule has 1 heterocycles. The number of aliphatic hydroxyl groups is 1. The summed E-state index contributed by atoms with van der Waals surface area (Å²) in [4.78, 5) is 9.37. The van der Waals surface area contributed by atoms with Crippen LogP contribution in [0.2, 0.25) is 0 Å². The van der Waals surface area contributed by atoms with Crippen molar-refractivity contribution in [1.29, 1.82) is 0 Å². The van der Waals surface area contributed by atoms with E-state index in [-0.39, 0.29) is 0 Å². The first-order valence-corrected chi connectivity index (χ1v) is 8.02. The molecule has 4 heteroatoms. The average molecular weight is 305 g/mol. The molecule has 4 nitrogen and oxygen atoms in total. The smallest absolute Gasteiger partial charge is 0.162 e. The Labute approximate surface area is 135 Å². The van der Waals surface area contributed by atoms with Crippen molar-refractivity contribution in [3.63, 3.8) is 0 Å². The fourth-order valence-electron chi connectivity index (χ4n) is 2.94. The molecular formula is C19H19N3O. The third-order valence-electron chi connectivity index (χ3n) is 4.50. The van der Waals surface area contributed by atoms with Gasteiger partial charge in [-0.2, -0.15) is 0 Å². The van der Waals surface area contributed by atoms with Gasteiger partial charge >= 0.3 is 0 Å². The Bertz CT molecular complexity index is 828. The van der Waals surface area contributed by atoms with Crippen molar-refractivity contribution in [2.45, 2.75) is 24.9 Å². The van der Waals surface area contributed by atoms with Gasteiger partial charge < -0.3 is 10.4 Å². The molecule has 0 radical (unpaired) electrons. The Morgan fingerprint density at radius 1 is 0.957 bits per heavy atom. The summed E-state index contributed by atoms with van der Waals surface area (Å²) in [6.07, 6.45) is 2.81. The van der Waals surface area contributed by atoms with Gasteiger partial charge in [-0.3, -0.25) is 0 Å². The quantitative estimate of drug-likeness (QED) is 0.773. The second kappa shape index (κ2) is 5.63. The van der Waals surface area contributed by atoms with Crippen LogP contribution in [0.15, 0.2) is 54.6 Å². The molecular weight excluding hydrogens is 286 g/mol. The molecule has 1 aromatic heterocycles. The molecule has 0 aliphatic heterocycles. The van der Waals surface area contributed by atoms with E-state index in [9.17, 15) is 5.11 Å². The zero-order valence-corrected chi connectivity index (χ0v) is 12.9. The number of fused-ring (bicyclic) bond motifs is 1. The van der Waals surface area contributed by atoms with Crippen LogP contribution in [0.3, 0.4) is 0 Å². The van der Waals surface area contributed by atoms with E-state index in [1.807, 2.05) is 54.6 Å². The van der Waals surface area contributed by atoms with Gasteiger partial charge in [-0.1, -0.05) is 42.5 Å². The molecule has 2 N–H and O–H groups in total. The topological polar surface area (TPSA) is 58.0 Å². The summed E-state index contributed by atoms with van der Waals surface area (Å²) in [5.74, 6) is 1.49. The van der Waals surface area contributed by atoms with Crippen molar-refractivity contribution in [1.82, 2.24) is 9.97 Å². The van der Waals surface area contributed by atoms with E-state index in [2.05, 4.69) is 10.3 Å². The molecule has 0 spiro atoms. The SMILES string of the molecule is OC1(CNc2nc(-c3ccccc3)nc3ccccc23)CCC1. The van der Waals surface area contributed by atoms with E-state index in [4.69, 9.17) is 4.98 Å². The van der Waals surface area contributed by atoms with E-state index < -0.39 is 5.60 Å². The van der Waals surface area contributed by atoms with Crippen LogP contribution in [0.1, 0.15) is 19.3 Å². The van der Waals surface area contributed by atoms with Crippen molar-refractivity contribution in [3.05, 3.63) is 54.6 Å². The first-order valence-electron chi connectivity index (χ1n) is 8.02. The number of hydrogen-bond donors (Lipinski definition) is 2. The average Bonchev–Trinajstić information content (AvgIpc) is 2.58. The van der Waals surface area contributed by atoms with E-state index in [1.54, 1.807) is 0 Å². The summed E-state index contributed by atoms with van der Waals surface area (Å²) in [5, 5.41) is 14.6. The van der Waals surface area contributed by atoms with Gasteiger partial charge in [0.25, 0.3) is 0 Å². The number of anilines is 1. The van der Waals surface area contributed by atoms with E-state index in [1.165, 1.54) is 0 Å². The maximum absolute atomic E-state index is 10.3. The van der Waals surface area contributed by atoms with Gasteiger partial charge in [0.2, 0.25) is 0 Å². The first kappa shape index (κ1) is 14.2. The third-order valence-corrected chi connectivity index (χ3v) is 4.50. The van der Waals surface area contributed by atoms with Gasteiger partial charge in [0, 0.05) is 17.5 Å². The third kappa shape index (κ3) is 2.78. The molecule has 2 aromatic carbocycles. The maximum Gasteiger partial charge on any atom is 0.162 e. The molecule has 0 atom stereocenters. The van der Waals surface area contributed by atoms with Crippen LogP contribution in [-0.2, 0) is 0 Å². The van der Waals surface area contributed by atoms with Crippen LogP contribution in [0.4, 0.5) is 5.82 Å². The fourth-order valence-corrected chi connectivity index (χ4v) is 2.94. The second-order valence-corrected chi connectivity index (χ2v) is 6.21. The maximum atomic E-state index is 10.3. The van der Waals surface area contributed by atoms with Crippen LogP contribution in [0.5, 0.6) is 0 Å². The highest BCUT2D eigenvalue weighted by molar-refractivity contribution is 5.90. The predicted molar refractivity (Wildman–Crippen MR) is 92.3 cm³/mol. The van der Waals surface area contributed by atoms with Crippen molar-refractivity contribution in [2.75, 3.05) is 11.9 Å². The summed E-state index contributed by atoms with van der Waals surface area (Å²) in [6, 6.07) is 17.9. The summed E-state index contributed by atoms with van der Waals surface area (Å²) in [6.45, 7) is 0.530. The van der Waals surface area contributed by atoms with Gasteiger partial charge in [-0.25, -0.2) is 9.97 Å². The number of para-hydroxylation sites is 1. The standard InChI is InChI=1S/C19H19N3O/c23-19(11-6-12-19)13-20-18-15-9-4-5-10-16(15)21-17(22-18)14-7-2-1-3-8-14/h1-5,7-10,23H,6,11-13H2,(H,20,21,22). The van der Waals surface area contributed by atoms with Gasteiger partial charge in [-0.05, 0) is 31.4 Å². The number of nitrogens with zero attached hydrogens (tertiary/aromatic N) is 2. The van der Waals surface area contributed by atoms with Crippen molar-refractivity contribution >= 4 is 16.7 Å². The van der Waals surface area contributed by atoms with Crippen molar-refractivity contribution in [3.8, 4) is 11.4 Å². The summed E-state index contributed by atoms with van der Waals surface area (Å²) in [5.41, 5.74) is 1.31. The van der Waals surface area contributed by atoms with Crippen molar-refractivity contribution < 1.29 is 5.11 Å². The lowest BCUT2D eigenvalue weighted by molar-refractivity contribution is -0.0202. The zero-order valence-electron chi connectivity index (χ0n) is 12.9. The molecule has 23 heavy (non-hydrogen) atoms. The molecule has 1 fully saturated rings. The molecule has 1 aliphatic rings. The highest BCUT2D eigenvalue weighted by Gasteiger charge is 2.34. The number of hydrogen-bond acceptors (Lipinski definition) is 4. The molecule has 0 saturated heterocycles. The van der Waals surface area contributed by atoms with Crippen molar-refractivity contribution in [2.24, 2.45) is 0 Å². The summed E-state index contributed by atoms with van der Waals surface area (Å²) in [7, 11) is 0. The summed E-state index contributed by atoms with van der Waals surface area (Å²) < 4.78 is 0. The van der Waals surface area contributed by atoms with Gasteiger partial charge in [0.1, 0.15) is 5.82 Å². The Morgan fingerprint density at radius 3 is 2.43 bits per heavy atom. The minimum Gasteiger partial charge on any atom is -0.388 e. The monoisotopic (exact) mass is 305 g/mol. The normalized spacial score (nSPS) is 16.0. The Morgan fingerprint density at radius 2 is 1.70 bits per heavy atom. The lowest BCUT2D eigenvalue weighted by Crippen LogP contribution is -2.43. The van der Waals surface area contributed by atoms with E-state index in [0.717, 1.165) is 41.5 Å². The highest BCUT2D eigenvalue weighted by atomic mass is 16.3. The zero-order chi connectivity index (χ0) is 15.7. The fraction of sp³-hybridized carbons (Fsp3) is 0.263. The lowest BCUT2D eigenvalue weighted by Gasteiger charge is -2.36. The van der Waals surface area contributed by atoms with Gasteiger partial charge in [0.05, 0.1) is 11.1 Å². The minimum atomic E-state index is -0.584. The Balaban J connectivity index is 1.74. The molecule has 0 unspecified atom stereocenters. The lowest BCUT2D eigenvalue weighted by atomic mass is 9.80. The molecule has 1 aliphatic carbocycles. The number of aromatic nitrogens is 2. The first-order chi connectivity index (χ1) is 11.2. The molecule has 0 amide bonds. The van der Waals surface area contributed by atoms with Crippen LogP contribution < -0.4 is 5.32 Å². The molecule has 1 saturated carbocycles. The molecule has 4 rings (SSSR count). The molecule has 116 valence electrons.